The summed E-state index contributed by atoms with van der Waals surface area (Å²) >= 11 is 0. The first kappa shape index (κ1) is 23.2. The summed E-state index contributed by atoms with van der Waals surface area (Å²) in [6.07, 6.45) is 1.78. The third kappa shape index (κ3) is 4.18. The number of carbonyl (C=O) groups excluding carboxylic acids is 3. The van der Waals surface area contributed by atoms with Crippen LogP contribution in [0.25, 0.3) is 16.8 Å². The van der Waals surface area contributed by atoms with Crippen molar-refractivity contribution in [2.75, 3.05) is 4.90 Å². The molecule has 4 aromatic rings. The Hall–Kier alpha value is -4.58. The van der Waals surface area contributed by atoms with Crippen LogP contribution in [0.2, 0.25) is 0 Å². The molecule has 4 aromatic carbocycles. The van der Waals surface area contributed by atoms with Crippen LogP contribution >= 0.6 is 0 Å². The van der Waals surface area contributed by atoms with Gasteiger partial charge in [-0.3, -0.25) is 14.9 Å². The Morgan fingerprint density at radius 3 is 2.36 bits per heavy atom. The molecule has 1 N–H and O–H groups in total. The van der Waals surface area contributed by atoms with Gasteiger partial charge in [-0.25, -0.2) is 14.1 Å². The Labute approximate surface area is 207 Å². The van der Waals surface area contributed by atoms with Crippen molar-refractivity contribution in [3.05, 3.63) is 118 Å². The molecule has 1 aliphatic heterocycles. The minimum absolute atomic E-state index is 0.168. The highest BCUT2D eigenvalue weighted by Gasteiger charge is 2.37. The predicted molar refractivity (Wildman–Crippen MR) is 138 cm³/mol. The fourth-order valence-electron chi connectivity index (χ4n) is 4.41. The Morgan fingerprint density at radius 1 is 0.833 bits per heavy atom. The third-order valence-corrected chi connectivity index (χ3v) is 6.54. The molecular weight excluding hydrogens is 455 g/mol. The number of benzene rings is 4. The summed E-state index contributed by atoms with van der Waals surface area (Å²) in [5, 5.41) is 4.01. The Balaban J connectivity index is 1.65. The monoisotopic (exact) mass is 478 g/mol. The Morgan fingerprint density at radius 2 is 1.58 bits per heavy atom. The van der Waals surface area contributed by atoms with Crippen LogP contribution in [0.5, 0.6) is 0 Å². The molecular formula is C30H23FN2O3. The number of hydrogen-bond acceptors (Lipinski definition) is 3. The molecule has 0 saturated carbocycles. The van der Waals surface area contributed by atoms with E-state index < -0.39 is 17.8 Å². The largest absolute Gasteiger partial charge is 0.335 e. The summed E-state index contributed by atoms with van der Waals surface area (Å²) in [6.45, 7) is 3.82. The summed E-state index contributed by atoms with van der Waals surface area (Å²) in [5.74, 6) is -1.81. The predicted octanol–water partition coefficient (Wildman–Crippen LogP) is 5.85. The first-order chi connectivity index (χ1) is 17.3. The quantitative estimate of drug-likeness (QED) is 0.295. The lowest BCUT2D eigenvalue weighted by Gasteiger charge is -2.27. The van der Waals surface area contributed by atoms with Gasteiger partial charge in [-0.2, -0.15) is 0 Å². The molecule has 0 aliphatic carbocycles. The average molecular weight is 479 g/mol. The van der Waals surface area contributed by atoms with Crippen molar-refractivity contribution in [2.45, 2.75) is 20.3 Å². The van der Waals surface area contributed by atoms with E-state index in [4.69, 9.17) is 0 Å². The van der Waals surface area contributed by atoms with E-state index in [-0.39, 0.29) is 17.8 Å². The molecule has 1 saturated heterocycles. The van der Waals surface area contributed by atoms with Crippen molar-refractivity contribution in [3.63, 3.8) is 0 Å². The zero-order valence-electron chi connectivity index (χ0n) is 19.8. The second-order valence-electron chi connectivity index (χ2n) is 8.85. The number of carbonyl (C=O) groups is 3. The third-order valence-electron chi connectivity index (χ3n) is 6.54. The highest BCUT2D eigenvalue weighted by atomic mass is 19.1. The van der Waals surface area contributed by atoms with Crippen LogP contribution in [0.4, 0.5) is 14.9 Å². The molecule has 36 heavy (non-hydrogen) atoms. The molecule has 0 aromatic heterocycles. The summed E-state index contributed by atoms with van der Waals surface area (Å²) in [5.41, 5.74) is 4.02. The molecule has 1 heterocycles. The normalized spacial score (nSPS) is 15.0. The number of nitrogens with zero attached hydrogens (tertiary/aromatic N) is 1. The highest BCUT2D eigenvalue weighted by molar-refractivity contribution is 6.39. The van der Waals surface area contributed by atoms with Crippen molar-refractivity contribution in [1.29, 1.82) is 0 Å². The number of urea groups is 1. The zero-order chi connectivity index (χ0) is 25.4. The van der Waals surface area contributed by atoms with Gasteiger partial charge in [0.1, 0.15) is 11.4 Å². The maximum atomic E-state index is 14.5. The number of imide groups is 2. The molecule has 1 fully saturated rings. The van der Waals surface area contributed by atoms with Gasteiger partial charge in [-0.1, -0.05) is 60.7 Å². The Kier molecular flexibility index (Phi) is 5.94. The smallest absolute Gasteiger partial charge is 0.273 e. The van der Waals surface area contributed by atoms with Crippen LogP contribution in [-0.4, -0.2) is 17.8 Å². The summed E-state index contributed by atoms with van der Waals surface area (Å²) in [4.78, 5) is 40.0. The minimum Gasteiger partial charge on any atom is -0.273 e. The fraction of sp³-hybridized carbons (Fsp3) is 0.100. The second kappa shape index (κ2) is 9.23. The van der Waals surface area contributed by atoms with Gasteiger partial charge in [0.2, 0.25) is 0 Å². The average Bonchev–Trinajstić information content (AvgIpc) is 2.86. The molecule has 6 heteroatoms. The van der Waals surface area contributed by atoms with Gasteiger partial charge in [0.25, 0.3) is 11.8 Å². The van der Waals surface area contributed by atoms with Crippen LogP contribution < -0.4 is 10.2 Å². The van der Waals surface area contributed by atoms with Crippen LogP contribution in [0.15, 0.2) is 84.4 Å². The van der Waals surface area contributed by atoms with Gasteiger partial charge in [-0.05, 0) is 76.7 Å². The number of hydrogen-bond donors (Lipinski definition) is 1. The van der Waals surface area contributed by atoms with Gasteiger partial charge < -0.3 is 0 Å². The number of nitrogens with one attached hydrogen (secondary N) is 1. The molecule has 1 aliphatic rings. The highest BCUT2D eigenvalue weighted by Crippen LogP contribution is 2.30. The van der Waals surface area contributed by atoms with Crippen LogP contribution in [0.3, 0.4) is 0 Å². The van der Waals surface area contributed by atoms with Gasteiger partial charge in [-0.15, -0.1) is 0 Å². The van der Waals surface area contributed by atoms with E-state index >= 15 is 0 Å². The zero-order valence-corrected chi connectivity index (χ0v) is 19.8. The number of halogens is 1. The molecule has 0 radical (unpaired) electrons. The molecule has 5 nitrogen and oxygen atoms in total. The van der Waals surface area contributed by atoms with Gasteiger partial charge in [0, 0.05) is 6.42 Å². The van der Waals surface area contributed by atoms with Gasteiger partial charge in [0.05, 0.1) is 5.69 Å². The van der Waals surface area contributed by atoms with Gasteiger partial charge in [0.15, 0.2) is 0 Å². The van der Waals surface area contributed by atoms with Crippen LogP contribution in [0, 0.1) is 19.7 Å². The maximum absolute atomic E-state index is 14.5. The number of aryl methyl sites for hydroxylation is 2. The molecule has 4 amide bonds. The SMILES string of the molecule is Cc1ccc(N2C(=O)NC(=O)/C(=C\c3c(Cc4ccccc4F)ccc4ccccc34)C2=O)cc1C. The first-order valence-corrected chi connectivity index (χ1v) is 11.6. The lowest BCUT2D eigenvalue weighted by Crippen LogP contribution is -2.54. The van der Waals surface area contributed by atoms with E-state index in [1.807, 2.05) is 56.3 Å². The van der Waals surface area contributed by atoms with Crippen molar-refractivity contribution in [3.8, 4) is 0 Å². The molecule has 5 rings (SSSR count). The number of anilines is 1. The van der Waals surface area contributed by atoms with E-state index in [2.05, 4.69) is 5.32 Å². The lowest BCUT2D eigenvalue weighted by molar-refractivity contribution is -0.122. The molecule has 0 bridgehead atoms. The minimum atomic E-state index is -0.796. The number of amides is 4. The molecule has 178 valence electrons. The van der Waals surface area contributed by atoms with E-state index in [9.17, 15) is 18.8 Å². The van der Waals surface area contributed by atoms with Crippen molar-refractivity contribution in [1.82, 2.24) is 5.32 Å². The van der Waals surface area contributed by atoms with E-state index in [1.54, 1.807) is 30.3 Å². The fourth-order valence-corrected chi connectivity index (χ4v) is 4.41. The van der Waals surface area contributed by atoms with E-state index in [0.29, 0.717) is 16.8 Å². The Bertz CT molecular complexity index is 1590. The number of rotatable bonds is 4. The standard InChI is InChI=1S/C30H23FN2O3/c1-18-11-14-23(15-19(18)2)33-29(35)26(28(34)32-30(33)36)17-25-21(16-22-8-4-6-10-27(22)31)13-12-20-7-3-5-9-24(20)25/h3-15,17H,16H2,1-2H3,(H,32,34,36)/b26-17+. The summed E-state index contributed by atoms with van der Waals surface area (Å²) in [6, 6.07) is 22.3. The number of fused-ring (bicyclic) bond motifs is 1. The van der Waals surface area contributed by atoms with Crippen LogP contribution in [-0.2, 0) is 16.0 Å². The topological polar surface area (TPSA) is 66.5 Å². The summed E-state index contributed by atoms with van der Waals surface area (Å²) in [7, 11) is 0. The van der Waals surface area contributed by atoms with Crippen molar-refractivity contribution in [2.24, 2.45) is 0 Å². The maximum Gasteiger partial charge on any atom is 0.335 e. The van der Waals surface area contributed by atoms with Crippen LogP contribution in [0.1, 0.15) is 27.8 Å². The summed E-state index contributed by atoms with van der Waals surface area (Å²) < 4.78 is 14.5. The van der Waals surface area contributed by atoms with E-state index in [0.717, 1.165) is 32.4 Å². The van der Waals surface area contributed by atoms with E-state index in [1.165, 1.54) is 12.1 Å². The molecule has 0 atom stereocenters. The number of barbiturate groups is 1. The van der Waals surface area contributed by atoms with Crippen molar-refractivity contribution < 1.29 is 18.8 Å². The molecule has 0 spiro atoms. The van der Waals surface area contributed by atoms with Crippen molar-refractivity contribution >= 4 is 40.4 Å². The second-order valence-corrected chi connectivity index (χ2v) is 8.85. The molecule has 0 unspecified atom stereocenters. The lowest BCUT2D eigenvalue weighted by atomic mass is 9.92. The van der Waals surface area contributed by atoms with Gasteiger partial charge >= 0.3 is 6.03 Å². The first-order valence-electron chi connectivity index (χ1n) is 11.6.